The fraction of sp³-hybridized carbons (Fsp3) is 0.571. The molecular formula is C28H41N. The van der Waals surface area contributed by atoms with Crippen LogP contribution in [-0.2, 0) is 12.8 Å². The van der Waals surface area contributed by atoms with E-state index < -0.39 is 0 Å². The van der Waals surface area contributed by atoms with Crippen molar-refractivity contribution >= 4 is 21.8 Å². The fourth-order valence-corrected chi connectivity index (χ4v) is 4.81. The minimum atomic E-state index is 0.817. The zero-order valence-corrected chi connectivity index (χ0v) is 19.2. The van der Waals surface area contributed by atoms with Crippen molar-refractivity contribution < 1.29 is 0 Å². The van der Waals surface area contributed by atoms with Crippen LogP contribution in [0.1, 0.15) is 90.2 Å². The molecule has 0 aliphatic carbocycles. The number of aromatic nitrogens is 1. The van der Waals surface area contributed by atoms with Gasteiger partial charge in [-0.25, -0.2) is 0 Å². The average molecular weight is 392 g/mol. The van der Waals surface area contributed by atoms with Crippen LogP contribution in [0.2, 0.25) is 0 Å². The molecule has 2 aromatic carbocycles. The number of H-pyrrole nitrogens is 1. The van der Waals surface area contributed by atoms with Gasteiger partial charge in [0.1, 0.15) is 0 Å². The van der Waals surface area contributed by atoms with Crippen LogP contribution in [0.15, 0.2) is 36.4 Å². The van der Waals surface area contributed by atoms with Crippen molar-refractivity contribution in [3.05, 3.63) is 47.5 Å². The van der Waals surface area contributed by atoms with E-state index in [4.69, 9.17) is 0 Å². The summed E-state index contributed by atoms with van der Waals surface area (Å²) < 4.78 is 0. The molecule has 1 N–H and O–H groups in total. The van der Waals surface area contributed by atoms with Crippen molar-refractivity contribution in [2.75, 3.05) is 0 Å². The van der Waals surface area contributed by atoms with Gasteiger partial charge in [-0.2, -0.15) is 0 Å². The predicted octanol–water partition coefficient (Wildman–Crippen LogP) is 8.84. The minimum absolute atomic E-state index is 0.817. The van der Waals surface area contributed by atoms with Gasteiger partial charge in [0.05, 0.1) is 0 Å². The first-order valence-corrected chi connectivity index (χ1v) is 12.2. The van der Waals surface area contributed by atoms with Crippen LogP contribution in [0.5, 0.6) is 0 Å². The lowest BCUT2D eigenvalue weighted by Crippen LogP contribution is -2.03. The van der Waals surface area contributed by atoms with Crippen molar-refractivity contribution in [3.8, 4) is 0 Å². The first kappa shape index (κ1) is 21.9. The monoisotopic (exact) mass is 391 g/mol. The molecule has 1 heterocycles. The summed E-state index contributed by atoms with van der Waals surface area (Å²) in [7, 11) is 0. The van der Waals surface area contributed by atoms with E-state index in [-0.39, 0.29) is 0 Å². The number of hydrogen-bond acceptors (Lipinski definition) is 0. The zero-order valence-electron chi connectivity index (χ0n) is 19.2. The number of nitrogens with one attached hydrogen (secondary N) is 1. The summed E-state index contributed by atoms with van der Waals surface area (Å²) in [6.07, 6.45) is 13.0. The van der Waals surface area contributed by atoms with Gasteiger partial charge in [-0.3, -0.25) is 0 Å². The van der Waals surface area contributed by atoms with Gasteiger partial charge in [0.15, 0.2) is 0 Å². The second-order valence-electron chi connectivity index (χ2n) is 9.13. The molecule has 0 saturated heterocycles. The van der Waals surface area contributed by atoms with Gasteiger partial charge in [0.2, 0.25) is 0 Å². The average Bonchev–Trinajstić information content (AvgIpc) is 3.10. The van der Waals surface area contributed by atoms with E-state index in [0.29, 0.717) is 0 Å². The van der Waals surface area contributed by atoms with Crippen molar-refractivity contribution in [3.63, 3.8) is 0 Å². The molecular weight excluding hydrogens is 350 g/mol. The molecule has 2 atom stereocenters. The summed E-state index contributed by atoms with van der Waals surface area (Å²) in [6, 6.07) is 14.2. The Labute approximate surface area is 178 Å². The molecule has 0 saturated carbocycles. The molecule has 0 radical (unpaired) electrons. The Morgan fingerprint density at radius 3 is 1.48 bits per heavy atom. The van der Waals surface area contributed by atoms with Crippen molar-refractivity contribution in [2.45, 2.75) is 91.9 Å². The standard InChI is InChI=1S/C28H41N/c1-5-9-11-21(7-3)17-23-13-15-25-26-16-14-24(18-22(8-4)12-10-6-2)20-28(26)29-27(25)19-23/h13-16,19-22,29H,5-12,17-18H2,1-4H3. The third-order valence-corrected chi connectivity index (χ3v) is 6.86. The summed E-state index contributed by atoms with van der Waals surface area (Å²) in [4.78, 5) is 3.73. The van der Waals surface area contributed by atoms with Crippen LogP contribution in [0, 0.1) is 11.8 Å². The van der Waals surface area contributed by atoms with Crippen molar-refractivity contribution in [1.29, 1.82) is 0 Å². The van der Waals surface area contributed by atoms with Crippen LogP contribution < -0.4 is 0 Å². The highest BCUT2D eigenvalue weighted by molar-refractivity contribution is 6.07. The van der Waals surface area contributed by atoms with Crippen molar-refractivity contribution in [2.24, 2.45) is 11.8 Å². The van der Waals surface area contributed by atoms with Gasteiger partial charge in [0, 0.05) is 21.8 Å². The van der Waals surface area contributed by atoms with Crippen molar-refractivity contribution in [1.82, 2.24) is 4.98 Å². The lowest BCUT2D eigenvalue weighted by Gasteiger charge is -2.14. The normalized spacial score (nSPS) is 13.9. The van der Waals surface area contributed by atoms with Gasteiger partial charge in [0.25, 0.3) is 0 Å². The first-order valence-electron chi connectivity index (χ1n) is 12.2. The van der Waals surface area contributed by atoms with E-state index in [0.717, 1.165) is 11.8 Å². The fourth-order valence-electron chi connectivity index (χ4n) is 4.81. The molecule has 1 heteroatoms. The van der Waals surface area contributed by atoms with Crippen LogP contribution in [-0.4, -0.2) is 4.98 Å². The molecule has 1 nitrogen and oxygen atoms in total. The van der Waals surface area contributed by atoms with E-state index in [1.165, 1.54) is 97.1 Å². The molecule has 3 rings (SSSR count). The van der Waals surface area contributed by atoms with E-state index in [1.807, 2.05) is 0 Å². The van der Waals surface area contributed by atoms with Crippen LogP contribution >= 0.6 is 0 Å². The Balaban J connectivity index is 1.80. The highest BCUT2D eigenvalue weighted by Gasteiger charge is 2.12. The summed E-state index contributed by atoms with van der Waals surface area (Å²) in [5, 5.41) is 2.74. The maximum Gasteiger partial charge on any atom is 0.0467 e. The Morgan fingerprint density at radius 1 is 0.655 bits per heavy atom. The molecule has 0 aliphatic heterocycles. The maximum absolute atomic E-state index is 3.73. The lowest BCUT2D eigenvalue weighted by molar-refractivity contribution is 0.449. The third kappa shape index (κ3) is 5.65. The predicted molar refractivity (Wildman–Crippen MR) is 130 cm³/mol. The van der Waals surface area contributed by atoms with Crippen LogP contribution in [0.3, 0.4) is 0 Å². The summed E-state index contributed by atoms with van der Waals surface area (Å²) >= 11 is 0. The molecule has 29 heavy (non-hydrogen) atoms. The first-order chi connectivity index (χ1) is 14.2. The van der Waals surface area contributed by atoms with Gasteiger partial charge in [-0.05, 0) is 47.9 Å². The Hall–Kier alpha value is -1.76. The molecule has 158 valence electrons. The van der Waals surface area contributed by atoms with Gasteiger partial charge in [-0.1, -0.05) is 103 Å². The summed E-state index contributed by atoms with van der Waals surface area (Å²) in [6.45, 7) is 9.27. The zero-order chi connectivity index (χ0) is 20.6. The molecule has 0 spiro atoms. The number of aromatic amines is 1. The van der Waals surface area contributed by atoms with E-state index in [9.17, 15) is 0 Å². The van der Waals surface area contributed by atoms with E-state index in [2.05, 4.69) is 69.1 Å². The molecule has 3 aromatic rings. The summed E-state index contributed by atoms with van der Waals surface area (Å²) in [5.74, 6) is 1.63. The van der Waals surface area contributed by atoms with Gasteiger partial charge in [-0.15, -0.1) is 0 Å². The number of fused-ring (bicyclic) bond motifs is 3. The Bertz CT molecular complexity index is 816. The van der Waals surface area contributed by atoms with Crippen LogP contribution in [0.4, 0.5) is 0 Å². The molecule has 0 aliphatic rings. The van der Waals surface area contributed by atoms with E-state index >= 15 is 0 Å². The largest absolute Gasteiger partial charge is 0.354 e. The number of rotatable bonds is 12. The Kier molecular flexibility index (Phi) is 8.21. The SMILES string of the molecule is CCCCC(CC)Cc1ccc2c(c1)[nH]c1cc(CC(CC)CCCC)ccc12. The van der Waals surface area contributed by atoms with Gasteiger partial charge < -0.3 is 4.98 Å². The lowest BCUT2D eigenvalue weighted by atomic mass is 9.91. The molecule has 1 aromatic heterocycles. The Morgan fingerprint density at radius 2 is 1.10 bits per heavy atom. The number of benzene rings is 2. The highest BCUT2D eigenvalue weighted by Crippen LogP contribution is 2.29. The highest BCUT2D eigenvalue weighted by atomic mass is 14.7. The minimum Gasteiger partial charge on any atom is -0.354 e. The number of hydrogen-bond donors (Lipinski definition) is 1. The smallest absolute Gasteiger partial charge is 0.0467 e. The quantitative estimate of drug-likeness (QED) is 0.317. The molecule has 0 fully saturated rings. The topological polar surface area (TPSA) is 15.8 Å². The molecule has 0 amide bonds. The molecule has 2 unspecified atom stereocenters. The van der Waals surface area contributed by atoms with E-state index in [1.54, 1.807) is 0 Å². The van der Waals surface area contributed by atoms with Gasteiger partial charge >= 0.3 is 0 Å². The summed E-state index contributed by atoms with van der Waals surface area (Å²) in [5.41, 5.74) is 5.58. The maximum atomic E-state index is 3.73. The number of unbranched alkanes of at least 4 members (excludes halogenated alkanes) is 2. The third-order valence-electron chi connectivity index (χ3n) is 6.86. The second-order valence-corrected chi connectivity index (χ2v) is 9.13. The second kappa shape index (κ2) is 10.9. The molecule has 0 bridgehead atoms. The van der Waals surface area contributed by atoms with Crippen LogP contribution in [0.25, 0.3) is 21.8 Å².